The molecule has 0 radical (unpaired) electrons. The van der Waals surface area contributed by atoms with E-state index in [1.807, 2.05) is 0 Å². The summed E-state index contributed by atoms with van der Waals surface area (Å²) in [7, 11) is -8.78. The fraction of sp³-hybridized carbons (Fsp3) is 0.500. The van der Waals surface area contributed by atoms with Gasteiger partial charge in [0.15, 0.2) is 4.75 Å². The third kappa shape index (κ3) is 2.84. The molecule has 7 nitrogen and oxygen atoms in total. The molecule has 1 aliphatic rings. The summed E-state index contributed by atoms with van der Waals surface area (Å²) < 4.78 is 58.5. The van der Waals surface area contributed by atoms with E-state index in [2.05, 4.69) is 4.99 Å². The van der Waals surface area contributed by atoms with Crippen LogP contribution in [0, 0.1) is 0 Å². The van der Waals surface area contributed by atoms with Crippen LogP contribution >= 0.6 is 0 Å². The quantitative estimate of drug-likeness (QED) is 0.652. The fourth-order valence-electron chi connectivity index (χ4n) is 1.10. The van der Waals surface area contributed by atoms with Crippen LogP contribution in [-0.2, 0) is 20.2 Å². The molecular weight excluding hydrogens is 246 g/mol. The van der Waals surface area contributed by atoms with Crippen molar-refractivity contribution in [2.45, 2.75) is 11.2 Å². The third-order valence-electron chi connectivity index (χ3n) is 1.97. The molecule has 0 bridgehead atoms. The van der Waals surface area contributed by atoms with Crippen molar-refractivity contribution >= 4 is 26.5 Å². The van der Waals surface area contributed by atoms with Crippen LogP contribution in [0.2, 0.25) is 0 Å². The Labute approximate surface area is 87.0 Å². The Bertz CT molecular complexity index is 488. The zero-order chi connectivity index (χ0) is 11.7. The lowest BCUT2D eigenvalue weighted by Gasteiger charge is -2.18. The molecule has 0 saturated carbocycles. The standard InChI is InChI=1S/C6H9NO6S2/c8-14(9,10)4-2-6(15(11,12)13)1-3-7-5-6/h1,3,5H,2,4H2,(H,8,9,10)(H,11,12,13). The highest BCUT2D eigenvalue weighted by Crippen LogP contribution is 2.25. The van der Waals surface area contributed by atoms with Crippen molar-refractivity contribution in [3.8, 4) is 0 Å². The van der Waals surface area contributed by atoms with Gasteiger partial charge in [-0.15, -0.1) is 0 Å². The molecule has 2 N–H and O–H groups in total. The van der Waals surface area contributed by atoms with Crippen LogP contribution < -0.4 is 0 Å². The van der Waals surface area contributed by atoms with Crippen molar-refractivity contribution in [1.82, 2.24) is 0 Å². The van der Waals surface area contributed by atoms with Crippen molar-refractivity contribution in [3.63, 3.8) is 0 Å². The van der Waals surface area contributed by atoms with Crippen LogP contribution in [0.5, 0.6) is 0 Å². The molecule has 0 aromatic carbocycles. The summed E-state index contributed by atoms with van der Waals surface area (Å²) in [5.74, 6) is -0.775. The van der Waals surface area contributed by atoms with E-state index in [9.17, 15) is 16.8 Å². The fourth-order valence-corrected chi connectivity index (χ4v) is 2.61. The largest absolute Gasteiger partial charge is 0.286 e. The lowest BCUT2D eigenvalue weighted by Crippen LogP contribution is -2.38. The highest BCUT2D eigenvalue weighted by molar-refractivity contribution is 7.88. The lowest BCUT2D eigenvalue weighted by atomic mass is 10.1. The van der Waals surface area contributed by atoms with Gasteiger partial charge in [0.05, 0.1) is 5.75 Å². The van der Waals surface area contributed by atoms with Gasteiger partial charge < -0.3 is 0 Å². The van der Waals surface area contributed by atoms with Gasteiger partial charge in [0.1, 0.15) is 0 Å². The molecule has 0 aliphatic carbocycles. The molecule has 0 amide bonds. The molecule has 0 saturated heterocycles. The Hall–Kier alpha value is -0.770. The van der Waals surface area contributed by atoms with Gasteiger partial charge in [0.2, 0.25) is 0 Å². The van der Waals surface area contributed by atoms with Gasteiger partial charge in [-0.3, -0.25) is 14.1 Å². The summed E-state index contributed by atoms with van der Waals surface area (Å²) in [4.78, 5) is 3.48. The van der Waals surface area contributed by atoms with E-state index in [0.717, 1.165) is 18.5 Å². The van der Waals surface area contributed by atoms with Crippen LogP contribution in [0.3, 0.4) is 0 Å². The second kappa shape index (κ2) is 3.67. The van der Waals surface area contributed by atoms with Crippen LogP contribution in [0.25, 0.3) is 0 Å². The molecule has 0 aromatic heterocycles. The summed E-state index contributed by atoms with van der Waals surface area (Å²) in [6.45, 7) is 0. The average Bonchev–Trinajstić information content (AvgIpc) is 2.46. The molecule has 0 spiro atoms. The van der Waals surface area contributed by atoms with Gasteiger partial charge in [-0.05, 0) is 12.5 Å². The average molecular weight is 255 g/mol. The van der Waals surface area contributed by atoms with E-state index in [1.54, 1.807) is 0 Å². The smallest absolute Gasteiger partial charge is 0.279 e. The minimum atomic E-state index is -4.50. The van der Waals surface area contributed by atoms with Gasteiger partial charge in [-0.2, -0.15) is 16.8 Å². The van der Waals surface area contributed by atoms with E-state index < -0.39 is 37.2 Å². The number of aliphatic imine (C=N–C) groups is 1. The maximum Gasteiger partial charge on any atom is 0.279 e. The molecule has 15 heavy (non-hydrogen) atoms. The Balaban J connectivity index is 2.97. The topological polar surface area (TPSA) is 121 Å². The lowest BCUT2D eigenvalue weighted by molar-refractivity contribution is 0.461. The number of rotatable bonds is 4. The first-order chi connectivity index (χ1) is 6.66. The number of nitrogens with zero attached hydrogens (tertiary/aromatic N) is 1. The first kappa shape index (κ1) is 12.3. The predicted octanol–water partition coefficient (Wildman–Crippen LogP) is -0.511. The summed E-state index contributed by atoms with van der Waals surface area (Å²) in [6.07, 6.45) is 2.64. The molecule has 0 fully saturated rings. The maximum atomic E-state index is 11.0. The molecular formula is C6H9NO6S2. The molecule has 1 heterocycles. The van der Waals surface area contributed by atoms with Crippen molar-refractivity contribution in [1.29, 1.82) is 0 Å². The maximum absolute atomic E-state index is 11.0. The predicted molar refractivity (Wildman–Crippen MR) is 52.9 cm³/mol. The first-order valence-electron chi connectivity index (χ1n) is 3.81. The van der Waals surface area contributed by atoms with E-state index in [4.69, 9.17) is 9.11 Å². The second-order valence-electron chi connectivity index (χ2n) is 3.06. The normalized spacial score (nSPS) is 26.0. The van der Waals surface area contributed by atoms with E-state index >= 15 is 0 Å². The van der Waals surface area contributed by atoms with Gasteiger partial charge in [0.25, 0.3) is 20.2 Å². The van der Waals surface area contributed by atoms with Crippen LogP contribution in [0.4, 0.5) is 0 Å². The van der Waals surface area contributed by atoms with Crippen LogP contribution in [0.15, 0.2) is 17.3 Å². The van der Waals surface area contributed by atoms with Gasteiger partial charge in [-0.1, -0.05) is 0 Å². The molecule has 1 aliphatic heterocycles. The number of hydrogen-bond donors (Lipinski definition) is 2. The highest BCUT2D eigenvalue weighted by atomic mass is 32.2. The highest BCUT2D eigenvalue weighted by Gasteiger charge is 2.41. The summed E-state index contributed by atoms with van der Waals surface area (Å²) in [5.41, 5.74) is 0. The Morgan fingerprint density at radius 1 is 1.20 bits per heavy atom. The van der Waals surface area contributed by atoms with Gasteiger partial charge >= 0.3 is 0 Å². The van der Waals surface area contributed by atoms with E-state index in [0.29, 0.717) is 0 Å². The zero-order valence-corrected chi connectivity index (χ0v) is 9.07. The minimum absolute atomic E-state index is 0.481. The number of hydrogen-bond acceptors (Lipinski definition) is 5. The first-order valence-corrected chi connectivity index (χ1v) is 6.85. The van der Waals surface area contributed by atoms with Crippen LogP contribution in [0.1, 0.15) is 6.42 Å². The van der Waals surface area contributed by atoms with E-state index in [1.165, 1.54) is 0 Å². The van der Waals surface area contributed by atoms with Crippen molar-refractivity contribution in [2.75, 3.05) is 5.75 Å². The second-order valence-corrected chi connectivity index (χ2v) is 6.34. The SMILES string of the molecule is O=S(=O)(O)CCC1(S(=O)(=O)O)C=CN=C1. The molecule has 1 unspecified atom stereocenters. The van der Waals surface area contributed by atoms with Crippen molar-refractivity contribution < 1.29 is 25.9 Å². The van der Waals surface area contributed by atoms with Gasteiger partial charge in [-0.25, -0.2) is 0 Å². The minimum Gasteiger partial charge on any atom is -0.286 e. The van der Waals surface area contributed by atoms with Gasteiger partial charge in [0, 0.05) is 12.4 Å². The molecule has 1 rings (SSSR count). The summed E-state index contributed by atoms with van der Waals surface area (Å²) in [5, 5.41) is 0. The van der Waals surface area contributed by atoms with Crippen LogP contribution in [-0.4, -0.2) is 42.7 Å². The molecule has 86 valence electrons. The van der Waals surface area contributed by atoms with Crippen molar-refractivity contribution in [2.24, 2.45) is 4.99 Å². The Morgan fingerprint density at radius 2 is 1.80 bits per heavy atom. The summed E-state index contributed by atoms with van der Waals surface area (Å²) in [6, 6.07) is 0. The Kier molecular flexibility index (Phi) is 3.01. The summed E-state index contributed by atoms with van der Waals surface area (Å²) >= 11 is 0. The third-order valence-corrected chi connectivity index (χ3v) is 4.09. The monoisotopic (exact) mass is 255 g/mol. The Morgan fingerprint density at radius 3 is 2.13 bits per heavy atom. The molecule has 9 heteroatoms. The van der Waals surface area contributed by atoms with Crippen molar-refractivity contribution in [3.05, 3.63) is 12.3 Å². The molecule has 1 atom stereocenters. The zero-order valence-electron chi connectivity index (χ0n) is 7.44. The molecule has 0 aromatic rings. The van der Waals surface area contributed by atoms with E-state index in [-0.39, 0.29) is 0 Å².